The molecule has 2 aliphatic heterocycles. The van der Waals surface area contributed by atoms with Crippen LogP contribution in [0.2, 0.25) is 0 Å². The highest BCUT2D eigenvalue weighted by molar-refractivity contribution is 8.00. The maximum Gasteiger partial charge on any atom is 0.352 e. The average molecular weight is 412 g/mol. The number of rotatable bonds is 6. The number of nitrogens with one attached hydrogen (secondary N) is 1. The van der Waals surface area contributed by atoms with Crippen LogP contribution in [0.3, 0.4) is 0 Å². The van der Waals surface area contributed by atoms with E-state index in [-0.39, 0.29) is 18.1 Å². The molecule has 0 aromatic carbocycles. The van der Waals surface area contributed by atoms with Crippen LogP contribution >= 0.6 is 23.1 Å². The van der Waals surface area contributed by atoms with Crippen molar-refractivity contribution in [2.75, 3.05) is 12.4 Å². The second-order valence-electron chi connectivity index (χ2n) is 5.78. The Bertz CT molecular complexity index is 824. The summed E-state index contributed by atoms with van der Waals surface area (Å²) in [5.41, 5.74) is 5.96. The maximum absolute atomic E-state index is 12.5. The number of carboxylic acid groups (broad SMARTS) is 1. The molecule has 1 aromatic heterocycles. The predicted octanol–water partition coefficient (Wildman–Crippen LogP) is -0.555. The molecule has 4 N–H and O–H groups in total. The number of nitrogens with zero attached hydrogens (tertiary/aromatic N) is 2. The number of fused-ring (bicyclic) bond motifs is 1. The number of carboxylic acids is 1. The van der Waals surface area contributed by atoms with Gasteiger partial charge in [-0.25, -0.2) is 9.78 Å². The van der Waals surface area contributed by atoms with Crippen LogP contribution in [0.4, 0.5) is 0 Å². The molecule has 12 heteroatoms. The molecule has 0 aliphatic carbocycles. The van der Waals surface area contributed by atoms with Crippen LogP contribution in [-0.4, -0.2) is 62.5 Å². The first-order chi connectivity index (χ1) is 12.8. The molecule has 2 aliphatic rings. The summed E-state index contributed by atoms with van der Waals surface area (Å²) in [6.45, 7) is 1.01. The van der Waals surface area contributed by atoms with Crippen molar-refractivity contribution < 1.29 is 29.0 Å². The summed E-state index contributed by atoms with van der Waals surface area (Å²) >= 11 is 2.50. The molecule has 0 radical (unpaired) electrons. The number of carbonyl (C=O) groups is 4. The van der Waals surface area contributed by atoms with Gasteiger partial charge in [0.1, 0.15) is 34.8 Å². The van der Waals surface area contributed by atoms with Crippen LogP contribution in [0.5, 0.6) is 0 Å². The van der Waals surface area contributed by atoms with Gasteiger partial charge in [0.25, 0.3) is 5.91 Å². The first kappa shape index (κ1) is 19.3. The zero-order valence-electron chi connectivity index (χ0n) is 14.1. The third-order valence-electron chi connectivity index (χ3n) is 4.00. The molecule has 0 saturated carbocycles. The first-order valence-electron chi connectivity index (χ1n) is 7.80. The first-order valence-corrected chi connectivity index (χ1v) is 9.72. The number of β-lactam (4-membered cyclic amide) rings is 1. The van der Waals surface area contributed by atoms with E-state index in [1.54, 1.807) is 5.38 Å². The van der Waals surface area contributed by atoms with E-state index >= 15 is 0 Å². The number of nitrogens with two attached hydrogens (primary N) is 1. The normalized spacial score (nSPS) is 22.6. The minimum Gasteiger partial charge on any atom is -0.477 e. The number of hydrogen-bond acceptors (Lipinski definition) is 9. The number of hydrogen-bond donors (Lipinski definition) is 3. The van der Waals surface area contributed by atoms with Crippen molar-refractivity contribution in [3.8, 4) is 0 Å². The van der Waals surface area contributed by atoms with Gasteiger partial charge in [0.15, 0.2) is 0 Å². The summed E-state index contributed by atoms with van der Waals surface area (Å²) in [6, 6.07) is -1.88. The average Bonchev–Trinajstić information content (AvgIpc) is 3.16. The molecule has 27 heavy (non-hydrogen) atoms. The molecule has 3 rings (SSSR count). The Morgan fingerprint density at radius 3 is 2.85 bits per heavy atom. The lowest BCUT2D eigenvalue weighted by Crippen LogP contribution is -2.71. The minimum atomic E-state index is -1.29. The lowest BCUT2D eigenvalue weighted by molar-refractivity contribution is -0.151. The van der Waals surface area contributed by atoms with Gasteiger partial charge >= 0.3 is 11.9 Å². The molecular weight excluding hydrogens is 396 g/mol. The number of esters is 1. The molecule has 144 valence electrons. The SMILES string of the molecule is CC(=O)OCC1=C(C(=O)O)N2C(=O)[C@@H](NC(=O)C(N)c3nccs3)[C@H]2SC1. The third-order valence-corrected chi connectivity index (χ3v) is 6.20. The Morgan fingerprint density at radius 2 is 2.26 bits per heavy atom. The van der Waals surface area contributed by atoms with E-state index in [4.69, 9.17) is 10.5 Å². The summed E-state index contributed by atoms with van der Waals surface area (Å²) in [4.78, 5) is 52.4. The summed E-state index contributed by atoms with van der Waals surface area (Å²) in [7, 11) is 0. The number of thiazole rings is 1. The lowest BCUT2D eigenvalue weighted by atomic mass is 10.0. The summed E-state index contributed by atoms with van der Waals surface area (Å²) in [5, 5.41) is 13.6. The van der Waals surface area contributed by atoms with Crippen molar-refractivity contribution >= 4 is 46.9 Å². The fraction of sp³-hybridized carbons (Fsp3) is 0.400. The van der Waals surface area contributed by atoms with Crippen molar-refractivity contribution in [2.45, 2.75) is 24.4 Å². The highest BCUT2D eigenvalue weighted by Crippen LogP contribution is 2.40. The Hall–Kier alpha value is -2.44. The third kappa shape index (κ3) is 3.68. The molecule has 10 nitrogen and oxygen atoms in total. The monoisotopic (exact) mass is 412 g/mol. The zero-order valence-corrected chi connectivity index (χ0v) is 15.7. The Kier molecular flexibility index (Phi) is 5.48. The van der Waals surface area contributed by atoms with Crippen molar-refractivity contribution in [3.63, 3.8) is 0 Å². The zero-order chi connectivity index (χ0) is 19.7. The topological polar surface area (TPSA) is 152 Å². The van der Waals surface area contributed by atoms with Crippen LogP contribution in [0.25, 0.3) is 0 Å². The van der Waals surface area contributed by atoms with Gasteiger partial charge in [0.05, 0.1) is 0 Å². The summed E-state index contributed by atoms with van der Waals surface area (Å²) in [6.07, 6.45) is 1.52. The molecule has 1 saturated heterocycles. The van der Waals surface area contributed by atoms with Gasteiger partial charge < -0.3 is 20.9 Å². The molecule has 0 bridgehead atoms. The van der Waals surface area contributed by atoms with Crippen molar-refractivity contribution in [1.29, 1.82) is 0 Å². The van der Waals surface area contributed by atoms with Crippen molar-refractivity contribution in [1.82, 2.24) is 15.2 Å². The fourth-order valence-corrected chi connectivity index (χ4v) is 4.69. The minimum absolute atomic E-state index is 0.202. The molecule has 1 fully saturated rings. The van der Waals surface area contributed by atoms with Crippen molar-refractivity contribution in [3.05, 3.63) is 27.9 Å². The van der Waals surface area contributed by atoms with Crippen LogP contribution in [0.1, 0.15) is 18.0 Å². The molecule has 3 atom stereocenters. The highest BCUT2D eigenvalue weighted by Gasteiger charge is 2.54. The highest BCUT2D eigenvalue weighted by atomic mass is 32.2. The fourth-order valence-electron chi connectivity index (χ4n) is 2.73. The van der Waals surface area contributed by atoms with Gasteiger partial charge in [-0.3, -0.25) is 19.3 Å². The second kappa shape index (κ2) is 7.66. The van der Waals surface area contributed by atoms with E-state index in [0.29, 0.717) is 10.6 Å². The van der Waals surface area contributed by atoms with Crippen LogP contribution in [-0.2, 0) is 23.9 Å². The van der Waals surface area contributed by atoms with E-state index in [0.717, 1.165) is 4.90 Å². The van der Waals surface area contributed by atoms with E-state index in [2.05, 4.69) is 10.3 Å². The largest absolute Gasteiger partial charge is 0.477 e. The predicted molar refractivity (Wildman–Crippen MR) is 95.4 cm³/mol. The molecular formula is C15H16N4O6S2. The van der Waals surface area contributed by atoms with Crippen molar-refractivity contribution in [2.24, 2.45) is 5.73 Å². The van der Waals surface area contributed by atoms with E-state index in [1.165, 1.54) is 36.2 Å². The quantitative estimate of drug-likeness (QED) is 0.412. The molecule has 3 heterocycles. The van der Waals surface area contributed by atoms with Crippen LogP contribution in [0, 0.1) is 0 Å². The van der Waals surface area contributed by atoms with E-state index < -0.39 is 41.2 Å². The summed E-state index contributed by atoms with van der Waals surface area (Å²) < 4.78 is 4.87. The van der Waals surface area contributed by atoms with Crippen LogP contribution < -0.4 is 11.1 Å². The number of thioether (sulfide) groups is 1. The standard InChI is InChI=1S/C15H16N4O6S2/c1-6(20)25-4-7-5-27-14-9(13(22)19(14)10(7)15(23)24)18-11(21)8(16)12-17-2-3-26-12/h2-3,8-9,14H,4-5,16H2,1H3,(H,18,21)(H,23,24)/t8?,9-,14-/m1/s1. The number of carbonyl (C=O) groups excluding carboxylic acids is 3. The van der Waals surface area contributed by atoms with Gasteiger partial charge in [-0.05, 0) is 0 Å². The number of aromatic nitrogens is 1. The van der Waals surface area contributed by atoms with Crippen LogP contribution in [0.15, 0.2) is 22.8 Å². The van der Waals surface area contributed by atoms with Gasteiger partial charge in [-0.15, -0.1) is 23.1 Å². The molecule has 1 aromatic rings. The van der Waals surface area contributed by atoms with E-state index in [1.807, 2.05) is 0 Å². The maximum atomic E-state index is 12.5. The number of amides is 2. The number of aliphatic carboxylic acids is 1. The van der Waals surface area contributed by atoms with E-state index in [9.17, 15) is 24.3 Å². The van der Waals surface area contributed by atoms with Gasteiger partial charge in [-0.2, -0.15) is 0 Å². The van der Waals surface area contributed by atoms with Gasteiger partial charge in [0.2, 0.25) is 5.91 Å². The molecule has 1 unspecified atom stereocenters. The number of ether oxygens (including phenoxy) is 1. The van der Waals surface area contributed by atoms with Gasteiger partial charge in [-0.1, -0.05) is 0 Å². The Morgan fingerprint density at radius 1 is 1.52 bits per heavy atom. The summed E-state index contributed by atoms with van der Waals surface area (Å²) in [5.74, 6) is -2.69. The van der Waals surface area contributed by atoms with Gasteiger partial charge in [0, 0.05) is 29.8 Å². The molecule has 2 amide bonds. The lowest BCUT2D eigenvalue weighted by Gasteiger charge is -2.49. The second-order valence-corrected chi connectivity index (χ2v) is 7.81. The molecule has 0 spiro atoms. The smallest absolute Gasteiger partial charge is 0.352 e. The Labute approximate surface area is 161 Å². The Balaban J connectivity index is 1.72.